The van der Waals surface area contributed by atoms with E-state index in [0.717, 1.165) is 24.3 Å². The average molecular weight is 208 g/mol. The number of benzene rings is 1. The number of aliphatic hydroxyl groups excluding tert-OH is 2. The summed E-state index contributed by atoms with van der Waals surface area (Å²) in [5.41, 5.74) is 2.10. The highest BCUT2D eigenvalue weighted by atomic mass is 16.5. The molecule has 1 aromatic rings. The lowest BCUT2D eigenvalue weighted by atomic mass is 10.0. The molecule has 3 heteroatoms. The molecule has 3 nitrogen and oxygen atoms in total. The van der Waals surface area contributed by atoms with Crippen molar-refractivity contribution in [2.75, 3.05) is 13.2 Å². The van der Waals surface area contributed by atoms with Gasteiger partial charge >= 0.3 is 0 Å². The standard InChI is InChI=1S/C12H16O3/c13-6-1-2-11(14)9-3-4-12-10(8-9)5-7-15-12/h3-4,8,11,13-14H,1-2,5-7H2. The molecule has 1 aliphatic rings. The number of hydrogen-bond donors (Lipinski definition) is 2. The van der Waals surface area contributed by atoms with Crippen LogP contribution in [0, 0.1) is 0 Å². The average Bonchev–Trinajstić information content (AvgIpc) is 2.72. The molecule has 0 aromatic heterocycles. The van der Waals surface area contributed by atoms with E-state index in [1.54, 1.807) is 0 Å². The van der Waals surface area contributed by atoms with Crippen molar-refractivity contribution < 1.29 is 14.9 Å². The van der Waals surface area contributed by atoms with Crippen molar-refractivity contribution in [3.05, 3.63) is 29.3 Å². The van der Waals surface area contributed by atoms with Crippen molar-refractivity contribution in [2.24, 2.45) is 0 Å². The molecule has 1 unspecified atom stereocenters. The Kier molecular flexibility index (Phi) is 3.23. The summed E-state index contributed by atoms with van der Waals surface area (Å²) in [4.78, 5) is 0. The van der Waals surface area contributed by atoms with E-state index in [2.05, 4.69) is 0 Å². The zero-order valence-electron chi connectivity index (χ0n) is 8.65. The van der Waals surface area contributed by atoms with Gasteiger partial charge in [0.2, 0.25) is 0 Å². The van der Waals surface area contributed by atoms with E-state index >= 15 is 0 Å². The smallest absolute Gasteiger partial charge is 0.122 e. The zero-order chi connectivity index (χ0) is 10.7. The maximum atomic E-state index is 9.83. The molecular weight excluding hydrogens is 192 g/mol. The Morgan fingerprint density at radius 3 is 3.07 bits per heavy atom. The number of fused-ring (bicyclic) bond motifs is 1. The Labute approximate surface area is 89.3 Å². The van der Waals surface area contributed by atoms with Crippen molar-refractivity contribution in [1.29, 1.82) is 0 Å². The van der Waals surface area contributed by atoms with Gasteiger partial charge in [-0.05, 0) is 36.1 Å². The molecule has 82 valence electrons. The Balaban J connectivity index is 2.08. The molecule has 0 fully saturated rings. The van der Waals surface area contributed by atoms with Crippen LogP contribution in [0.4, 0.5) is 0 Å². The van der Waals surface area contributed by atoms with Gasteiger partial charge in [0.15, 0.2) is 0 Å². The van der Waals surface area contributed by atoms with Gasteiger partial charge in [-0.15, -0.1) is 0 Å². The van der Waals surface area contributed by atoms with Gasteiger partial charge in [0.1, 0.15) is 5.75 Å². The third-order valence-electron chi connectivity index (χ3n) is 2.73. The molecule has 0 spiro atoms. The van der Waals surface area contributed by atoms with E-state index in [1.807, 2.05) is 18.2 Å². The topological polar surface area (TPSA) is 49.7 Å². The van der Waals surface area contributed by atoms with Gasteiger partial charge in [0, 0.05) is 13.0 Å². The predicted molar refractivity (Wildman–Crippen MR) is 56.9 cm³/mol. The minimum atomic E-state index is -0.469. The van der Waals surface area contributed by atoms with Crippen molar-refractivity contribution in [2.45, 2.75) is 25.4 Å². The molecule has 0 aliphatic carbocycles. The van der Waals surface area contributed by atoms with Gasteiger partial charge in [0.05, 0.1) is 12.7 Å². The maximum absolute atomic E-state index is 9.83. The van der Waals surface area contributed by atoms with E-state index in [-0.39, 0.29) is 6.61 Å². The largest absolute Gasteiger partial charge is 0.493 e. The van der Waals surface area contributed by atoms with Crippen LogP contribution in [-0.2, 0) is 6.42 Å². The van der Waals surface area contributed by atoms with E-state index < -0.39 is 6.10 Å². The highest BCUT2D eigenvalue weighted by molar-refractivity contribution is 5.40. The van der Waals surface area contributed by atoms with Gasteiger partial charge in [-0.2, -0.15) is 0 Å². The van der Waals surface area contributed by atoms with Crippen LogP contribution in [0.5, 0.6) is 5.75 Å². The molecule has 0 saturated carbocycles. The summed E-state index contributed by atoms with van der Waals surface area (Å²) in [5.74, 6) is 0.938. The number of rotatable bonds is 4. The molecule has 0 saturated heterocycles. The van der Waals surface area contributed by atoms with Gasteiger partial charge in [0.25, 0.3) is 0 Å². The molecule has 1 aliphatic heterocycles. The molecule has 1 aromatic carbocycles. The fourth-order valence-electron chi connectivity index (χ4n) is 1.87. The third-order valence-corrected chi connectivity index (χ3v) is 2.73. The molecule has 2 rings (SSSR count). The SMILES string of the molecule is OCCCC(O)c1ccc2c(c1)CCO2. The lowest BCUT2D eigenvalue weighted by Gasteiger charge is -2.11. The third kappa shape index (κ3) is 2.30. The fourth-order valence-corrected chi connectivity index (χ4v) is 1.87. The second-order valence-electron chi connectivity index (χ2n) is 3.85. The monoisotopic (exact) mass is 208 g/mol. The first-order valence-corrected chi connectivity index (χ1v) is 5.36. The van der Waals surface area contributed by atoms with Crippen LogP contribution >= 0.6 is 0 Å². The lowest BCUT2D eigenvalue weighted by Crippen LogP contribution is -1.99. The first-order valence-electron chi connectivity index (χ1n) is 5.36. The van der Waals surface area contributed by atoms with Crippen LogP contribution in [0.3, 0.4) is 0 Å². The summed E-state index contributed by atoms with van der Waals surface area (Å²) in [6, 6.07) is 5.82. The predicted octanol–water partition coefficient (Wildman–Crippen LogP) is 1.43. The van der Waals surface area contributed by atoms with Gasteiger partial charge in [-0.1, -0.05) is 6.07 Å². The zero-order valence-corrected chi connectivity index (χ0v) is 8.65. The minimum Gasteiger partial charge on any atom is -0.493 e. The van der Waals surface area contributed by atoms with Gasteiger partial charge in [-0.25, -0.2) is 0 Å². The fraction of sp³-hybridized carbons (Fsp3) is 0.500. The van der Waals surface area contributed by atoms with Gasteiger partial charge in [-0.3, -0.25) is 0 Å². The Morgan fingerprint density at radius 2 is 2.27 bits per heavy atom. The summed E-state index contributed by atoms with van der Waals surface area (Å²) in [6.45, 7) is 0.872. The van der Waals surface area contributed by atoms with E-state index in [1.165, 1.54) is 5.56 Å². The molecule has 1 atom stereocenters. The van der Waals surface area contributed by atoms with E-state index in [0.29, 0.717) is 12.8 Å². The molecule has 0 amide bonds. The molecule has 1 heterocycles. The lowest BCUT2D eigenvalue weighted by molar-refractivity contribution is 0.151. The Bertz CT molecular complexity index is 336. The second kappa shape index (κ2) is 4.64. The van der Waals surface area contributed by atoms with E-state index in [9.17, 15) is 5.11 Å². The van der Waals surface area contributed by atoms with Gasteiger partial charge < -0.3 is 14.9 Å². The molecule has 0 radical (unpaired) electrons. The molecule has 15 heavy (non-hydrogen) atoms. The molecule has 0 bridgehead atoms. The van der Waals surface area contributed by atoms with Crippen molar-refractivity contribution in [3.63, 3.8) is 0 Å². The van der Waals surface area contributed by atoms with Crippen molar-refractivity contribution >= 4 is 0 Å². The highest BCUT2D eigenvalue weighted by Crippen LogP contribution is 2.29. The van der Waals surface area contributed by atoms with E-state index in [4.69, 9.17) is 9.84 Å². The molecule has 2 N–H and O–H groups in total. The van der Waals surface area contributed by atoms with Crippen LogP contribution in [0.2, 0.25) is 0 Å². The highest BCUT2D eigenvalue weighted by Gasteiger charge is 2.14. The number of aliphatic hydroxyl groups is 2. The number of hydrogen-bond acceptors (Lipinski definition) is 3. The van der Waals surface area contributed by atoms with Crippen molar-refractivity contribution in [1.82, 2.24) is 0 Å². The van der Waals surface area contributed by atoms with Crippen LogP contribution in [0.25, 0.3) is 0 Å². The molecular formula is C12H16O3. The first kappa shape index (κ1) is 10.5. The first-order chi connectivity index (χ1) is 7.31. The summed E-state index contributed by atoms with van der Waals surface area (Å²) in [7, 11) is 0. The van der Waals surface area contributed by atoms with Crippen LogP contribution in [0.15, 0.2) is 18.2 Å². The maximum Gasteiger partial charge on any atom is 0.122 e. The summed E-state index contributed by atoms with van der Waals surface area (Å²) in [6.07, 6.45) is 1.70. The summed E-state index contributed by atoms with van der Waals surface area (Å²) < 4.78 is 5.39. The normalized spacial score (nSPS) is 15.9. The minimum absolute atomic E-state index is 0.130. The number of ether oxygens (including phenoxy) is 1. The Morgan fingerprint density at radius 1 is 1.40 bits per heavy atom. The van der Waals surface area contributed by atoms with Crippen molar-refractivity contribution in [3.8, 4) is 5.75 Å². The van der Waals surface area contributed by atoms with Crippen LogP contribution in [0.1, 0.15) is 30.1 Å². The Hall–Kier alpha value is -1.06. The summed E-state index contributed by atoms with van der Waals surface area (Å²) in [5, 5.41) is 18.5. The van der Waals surface area contributed by atoms with Crippen LogP contribution < -0.4 is 4.74 Å². The van der Waals surface area contributed by atoms with Crippen LogP contribution in [-0.4, -0.2) is 23.4 Å². The second-order valence-corrected chi connectivity index (χ2v) is 3.85. The quantitative estimate of drug-likeness (QED) is 0.787. The summed E-state index contributed by atoms with van der Waals surface area (Å²) >= 11 is 0.